The van der Waals surface area contributed by atoms with E-state index in [2.05, 4.69) is 200 Å². The normalized spacial score (nSPS) is 17.1. The second-order valence-electron chi connectivity index (χ2n) is 17.2. The van der Waals surface area contributed by atoms with Gasteiger partial charge in [0.15, 0.2) is 0 Å². The molecule has 2 aliphatic carbocycles. The van der Waals surface area contributed by atoms with Gasteiger partial charge in [-0.3, -0.25) is 0 Å². The van der Waals surface area contributed by atoms with Crippen molar-refractivity contribution in [3.63, 3.8) is 0 Å². The second-order valence-corrected chi connectivity index (χ2v) is 59.7. The van der Waals surface area contributed by atoms with Crippen molar-refractivity contribution in [1.29, 1.82) is 0 Å². The van der Waals surface area contributed by atoms with Crippen molar-refractivity contribution in [2.24, 2.45) is 11.8 Å². The maximum atomic E-state index is 8.96. The molecule has 0 saturated carbocycles. The van der Waals surface area contributed by atoms with Crippen LogP contribution in [0.1, 0.15) is 68.3 Å². The summed E-state index contributed by atoms with van der Waals surface area (Å²) in [6.45, 7) is 18.9. The molecule has 0 spiro atoms. The van der Waals surface area contributed by atoms with Crippen molar-refractivity contribution in [2.75, 3.05) is 0 Å². The van der Waals surface area contributed by atoms with Gasteiger partial charge in [0, 0.05) is 0 Å². The Kier molecular flexibility index (Phi) is 10.5. The van der Waals surface area contributed by atoms with Crippen LogP contribution in [0.2, 0.25) is 13.1 Å². The van der Waals surface area contributed by atoms with E-state index in [0.717, 1.165) is 0 Å². The molecule has 0 N–H and O–H groups in total. The van der Waals surface area contributed by atoms with Crippen molar-refractivity contribution in [1.82, 2.24) is 0 Å². The van der Waals surface area contributed by atoms with E-state index >= 15 is 0 Å². The molecular formula is C52H53Cl2SiZr. The summed E-state index contributed by atoms with van der Waals surface area (Å²) in [6, 6.07) is 48.9. The van der Waals surface area contributed by atoms with E-state index in [1.807, 2.05) is 0 Å². The zero-order valence-corrected chi connectivity index (χ0v) is 39.1. The number of fused-ring (bicyclic) bond motifs is 2. The van der Waals surface area contributed by atoms with Gasteiger partial charge in [-0.25, -0.2) is 0 Å². The summed E-state index contributed by atoms with van der Waals surface area (Å²) in [7, 11) is 17.9. The number of rotatable bonds is 9. The number of halogens is 2. The molecule has 283 valence electrons. The molecule has 0 saturated heterocycles. The van der Waals surface area contributed by atoms with Gasteiger partial charge in [0.25, 0.3) is 0 Å². The van der Waals surface area contributed by atoms with E-state index in [9.17, 15) is 0 Å². The van der Waals surface area contributed by atoms with Crippen LogP contribution in [0.25, 0.3) is 56.7 Å². The molecule has 2 unspecified atom stereocenters. The van der Waals surface area contributed by atoms with Crippen LogP contribution in [-0.2, 0) is 15.6 Å². The standard InChI is InChI=1S/2C25H23.C2H7Si.2ClH.Zr/c2*1-17(2)21-15-20-14-13-18(3)25(24(20)16-21)23-12-8-7-11-22(23)19-9-5-4-6-10-19;1-3-2;;;/h2*4-17H,1-3H3;3H,1-2H3;2*1H;/q;;;;;+2/p-2. The van der Waals surface area contributed by atoms with Gasteiger partial charge in [0.05, 0.1) is 0 Å². The van der Waals surface area contributed by atoms with Crippen LogP contribution in [0, 0.1) is 25.7 Å². The monoisotopic (exact) mass is 865 g/mol. The summed E-state index contributed by atoms with van der Waals surface area (Å²) in [6.07, 6.45) is 5.05. The van der Waals surface area contributed by atoms with Crippen LogP contribution in [0.5, 0.6) is 0 Å². The SMILES string of the molecule is Cc1ccc2c(c1-c1ccccc1-c1ccccc1)C=C(C(C)C)[CH]2[Zr]([Cl])([Cl])([CH]1C(C(C)C)=Cc2c1ccc(C)c2-c1ccccc1-c1ccccc1)[SiH](C)C. The Bertz CT molecular complexity index is 2360. The quantitative estimate of drug-likeness (QED) is 0.127. The third-order valence-corrected chi connectivity index (χ3v) is 64.7. The summed E-state index contributed by atoms with van der Waals surface area (Å²) < 4.78 is 0.0354. The van der Waals surface area contributed by atoms with Crippen molar-refractivity contribution >= 4 is 35.1 Å². The van der Waals surface area contributed by atoms with Gasteiger partial charge in [-0.2, -0.15) is 0 Å². The van der Waals surface area contributed by atoms with E-state index in [1.54, 1.807) is 0 Å². The van der Waals surface area contributed by atoms with Crippen molar-refractivity contribution < 1.29 is 15.6 Å². The van der Waals surface area contributed by atoms with Crippen LogP contribution in [-0.4, -0.2) is 5.92 Å². The van der Waals surface area contributed by atoms with Gasteiger partial charge in [-0.1, -0.05) is 0 Å². The first kappa shape index (κ1) is 39.3. The number of aryl methyl sites for hydroxylation is 2. The van der Waals surface area contributed by atoms with Crippen LogP contribution in [0.3, 0.4) is 0 Å². The zero-order chi connectivity index (χ0) is 39.5. The minimum absolute atomic E-state index is 0.0177. The third-order valence-electron chi connectivity index (χ3n) is 13.0. The third kappa shape index (κ3) is 6.26. The number of allylic oxidation sites excluding steroid dienone is 2. The fraction of sp³-hybridized carbons (Fsp3) is 0.231. The van der Waals surface area contributed by atoms with Crippen LogP contribution in [0.4, 0.5) is 0 Å². The van der Waals surface area contributed by atoms with E-state index in [0.29, 0.717) is 11.8 Å². The molecule has 2 atom stereocenters. The number of hydrogen-bond acceptors (Lipinski definition) is 0. The minimum atomic E-state index is -5.07. The van der Waals surface area contributed by atoms with Gasteiger partial charge < -0.3 is 0 Å². The van der Waals surface area contributed by atoms with E-state index in [4.69, 9.17) is 17.0 Å². The average molecular weight is 868 g/mol. The van der Waals surface area contributed by atoms with E-state index < -0.39 is 21.5 Å². The second kappa shape index (κ2) is 15.0. The topological polar surface area (TPSA) is 0 Å². The van der Waals surface area contributed by atoms with Crippen LogP contribution in [0.15, 0.2) is 145 Å². The van der Waals surface area contributed by atoms with Gasteiger partial charge in [-0.15, -0.1) is 0 Å². The molecule has 0 aliphatic heterocycles. The van der Waals surface area contributed by atoms with Gasteiger partial charge in [0.2, 0.25) is 0 Å². The Morgan fingerprint density at radius 2 is 0.804 bits per heavy atom. The maximum absolute atomic E-state index is 8.96. The molecule has 0 heterocycles. The fourth-order valence-electron chi connectivity index (χ4n) is 10.1. The molecule has 4 heteroatoms. The molecular weight excluding hydrogens is 815 g/mol. The molecule has 0 amide bonds. The van der Waals surface area contributed by atoms with Gasteiger partial charge >= 0.3 is 347 Å². The number of benzene rings is 6. The molecule has 6 aromatic rings. The first-order valence-electron chi connectivity index (χ1n) is 20.4. The summed E-state index contributed by atoms with van der Waals surface area (Å²) >= 11 is -5.07. The molecule has 0 fully saturated rings. The van der Waals surface area contributed by atoms with Crippen molar-refractivity contribution in [3.8, 4) is 44.5 Å². The first-order chi connectivity index (χ1) is 26.8. The van der Waals surface area contributed by atoms with Gasteiger partial charge in [0.1, 0.15) is 0 Å². The first-order valence-corrected chi connectivity index (χ1v) is 36.7. The molecule has 0 nitrogen and oxygen atoms in total. The van der Waals surface area contributed by atoms with Crippen molar-refractivity contribution in [2.45, 2.75) is 61.9 Å². The molecule has 6 aromatic carbocycles. The Hall–Kier alpha value is -3.52. The van der Waals surface area contributed by atoms with Crippen molar-refractivity contribution in [3.05, 3.63) is 178 Å². The Morgan fingerprint density at radius 1 is 0.464 bits per heavy atom. The molecule has 0 aromatic heterocycles. The van der Waals surface area contributed by atoms with E-state index in [-0.39, 0.29) is 7.25 Å². The Balaban J connectivity index is 1.38. The summed E-state index contributed by atoms with van der Waals surface area (Å²) in [5.41, 5.74) is 20.8. The van der Waals surface area contributed by atoms with Crippen LogP contribution >= 0.6 is 17.0 Å². The summed E-state index contributed by atoms with van der Waals surface area (Å²) in [5, 5.41) is 0. The Morgan fingerprint density at radius 3 is 1.14 bits per heavy atom. The summed E-state index contributed by atoms with van der Waals surface area (Å²) in [5.74, 6) is -1.17. The molecule has 0 radical (unpaired) electrons. The van der Waals surface area contributed by atoms with Gasteiger partial charge in [-0.05, 0) is 0 Å². The molecule has 8 rings (SSSR count). The predicted molar refractivity (Wildman–Crippen MR) is 246 cm³/mol. The molecule has 2 aliphatic rings. The predicted octanol–water partition coefficient (Wildman–Crippen LogP) is 15.8. The summed E-state index contributed by atoms with van der Waals surface area (Å²) in [4.78, 5) is 0. The van der Waals surface area contributed by atoms with Crippen LogP contribution < -0.4 is 0 Å². The average Bonchev–Trinajstić information content (AvgIpc) is 3.80. The molecule has 56 heavy (non-hydrogen) atoms. The van der Waals surface area contributed by atoms with E-state index in [1.165, 1.54) is 89.0 Å². The molecule has 0 bridgehead atoms. The zero-order valence-electron chi connectivity index (χ0n) is 34.0. The Labute approximate surface area is 344 Å². The number of hydrogen-bond donors (Lipinski definition) is 0. The fourth-order valence-corrected chi connectivity index (χ4v) is 41.6.